The van der Waals surface area contributed by atoms with Crippen molar-refractivity contribution in [2.45, 2.75) is 39.2 Å². The number of aryl methyl sites for hydroxylation is 2. The molecule has 0 spiro atoms. The molecule has 1 heterocycles. The fourth-order valence-corrected chi connectivity index (χ4v) is 3.81. The molecule has 160 valence electrons. The Morgan fingerprint density at radius 2 is 1.77 bits per heavy atom. The lowest BCUT2D eigenvalue weighted by Gasteiger charge is -2.17. The van der Waals surface area contributed by atoms with Gasteiger partial charge >= 0.3 is 17.7 Å². The van der Waals surface area contributed by atoms with E-state index < -0.39 is 12.1 Å². The highest BCUT2D eigenvalue weighted by atomic mass is 16.6. The first-order chi connectivity index (χ1) is 15.0. The normalized spacial score (nSPS) is 12.8. The Kier molecular flexibility index (Phi) is 6.02. The Hall–Kier alpha value is -3.61. The predicted molar refractivity (Wildman–Crippen MR) is 114 cm³/mol. The highest BCUT2D eigenvalue weighted by Crippen LogP contribution is 2.32. The molecule has 0 atom stereocenters. The highest BCUT2D eigenvalue weighted by molar-refractivity contribution is 5.87. The van der Waals surface area contributed by atoms with Crippen LogP contribution in [0.2, 0.25) is 0 Å². The van der Waals surface area contributed by atoms with Crippen LogP contribution in [-0.2, 0) is 29.0 Å². The Balaban J connectivity index is 1.40. The number of amides is 1. The van der Waals surface area contributed by atoms with Gasteiger partial charge in [-0.25, -0.2) is 14.4 Å². The van der Waals surface area contributed by atoms with Gasteiger partial charge in [0.25, 0.3) is 0 Å². The van der Waals surface area contributed by atoms with Crippen LogP contribution in [0.15, 0.2) is 51.7 Å². The number of alkyl carbamates (subject to hydrolysis) is 1. The molecule has 0 fully saturated rings. The molecule has 0 unspecified atom stereocenters. The van der Waals surface area contributed by atoms with Crippen molar-refractivity contribution < 1.29 is 23.5 Å². The third kappa shape index (κ3) is 4.60. The fourth-order valence-electron chi connectivity index (χ4n) is 3.81. The van der Waals surface area contributed by atoms with Crippen LogP contribution in [0.3, 0.4) is 0 Å². The molecule has 1 aliphatic rings. The van der Waals surface area contributed by atoms with Gasteiger partial charge in [0.15, 0.2) is 0 Å². The van der Waals surface area contributed by atoms with E-state index in [0.29, 0.717) is 11.1 Å². The van der Waals surface area contributed by atoms with Gasteiger partial charge in [0.05, 0.1) is 0 Å². The summed E-state index contributed by atoms with van der Waals surface area (Å²) < 4.78 is 16.0. The summed E-state index contributed by atoms with van der Waals surface area (Å²) in [6, 6.07) is 12.7. The molecular weight excluding hydrogens is 398 g/mol. The van der Waals surface area contributed by atoms with E-state index in [4.69, 9.17) is 13.9 Å². The molecule has 1 amide bonds. The zero-order valence-corrected chi connectivity index (χ0v) is 17.2. The second kappa shape index (κ2) is 9.04. The molecule has 0 bridgehead atoms. The quantitative estimate of drug-likeness (QED) is 0.382. The third-order valence-corrected chi connectivity index (χ3v) is 5.40. The number of benzene rings is 2. The monoisotopic (exact) mass is 421 g/mol. The number of hydrogen-bond donors (Lipinski definition) is 1. The Morgan fingerprint density at radius 3 is 2.55 bits per heavy atom. The molecule has 3 aromatic rings. The minimum absolute atomic E-state index is 0.106. The zero-order valence-electron chi connectivity index (χ0n) is 17.2. The van der Waals surface area contributed by atoms with E-state index >= 15 is 0 Å². The van der Waals surface area contributed by atoms with Gasteiger partial charge < -0.3 is 19.2 Å². The summed E-state index contributed by atoms with van der Waals surface area (Å²) in [6.45, 7) is 1.50. The number of esters is 1. The highest BCUT2D eigenvalue weighted by Gasteiger charge is 2.20. The average molecular weight is 421 g/mol. The summed E-state index contributed by atoms with van der Waals surface area (Å²) in [5.41, 5.74) is 3.31. The van der Waals surface area contributed by atoms with Gasteiger partial charge in [0, 0.05) is 16.5 Å². The lowest BCUT2D eigenvalue weighted by molar-refractivity contribution is -0.133. The van der Waals surface area contributed by atoms with E-state index in [-0.39, 0.29) is 24.5 Å². The van der Waals surface area contributed by atoms with Crippen LogP contribution in [0.5, 0.6) is 5.75 Å². The van der Waals surface area contributed by atoms with Gasteiger partial charge in [-0.15, -0.1) is 0 Å². The van der Waals surface area contributed by atoms with Crippen molar-refractivity contribution in [3.05, 3.63) is 75.1 Å². The smallest absolute Gasteiger partial charge is 0.407 e. The first kappa shape index (κ1) is 20.7. The zero-order chi connectivity index (χ0) is 21.8. The van der Waals surface area contributed by atoms with Crippen LogP contribution >= 0.6 is 0 Å². The molecule has 1 aliphatic carbocycles. The maximum absolute atomic E-state index is 12.4. The Morgan fingerprint density at radius 1 is 1.03 bits per heavy atom. The van der Waals surface area contributed by atoms with E-state index in [1.807, 2.05) is 36.4 Å². The van der Waals surface area contributed by atoms with Crippen molar-refractivity contribution in [1.29, 1.82) is 0 Å². The minimum atomic E-state index is -0.714. The summed E-state index contributed by atoms with van der Waals surface area (Å²) >= 11 is 0. The van der Waals surface area contributed by atoms with E-state index in [1.165, 1.54) is 0 Å². The largest absolute Gasteiger partial charge is 0.445 e. The molecule has 1 aromatic heterocycles. The fraction of sp³-hybridized carbons (Fsp3) is 0.292. The third-order valence-electron chi connectivity index (χ3n) is 5.40. The van der Waals surface area contributed by atoms with E-state index in [0.717, 1.165) is 47.8 Å². The molecule has 0 aliphatic heterocycles. The lowest BCUT2D eigenvalue weighted by atomic mass is 9.90. The summed E-state index contributed by atoms with van der Waals surface area (Å²) in [6.07, 6.45) is 2.88. The molecule has 0 saturated heterocycles. The maximum Gasteiger partial charge on any atom is 0.407 e. The summed E-state index contributed by atoms with van der Waals surface area (Å²) in [5.74, 6) is -0.365. The topological polar surface area (TPSA) is 94.8 Å². The molecule has 0 radical (unpaired) electrons. The number of fused-ring (bicyclic) bond motifs is 3. The maximum atomic E-state index is 12.4. The average Bonchev–Trinajstić information content (AvgIpc) is 2.79. The SMILES string of the molecule is Cc1c(OC(=O)CNC(=O)OCc2ccccc2)ccc2c3c(c(=O)oc12)CCCC3. The van der Waals surface area contributed by atoms with Crippen molar-refractivity contribution in [3.8, 4) is 5.75 Å². The first-order valence-electron chi connectivity index (χ1n) is 10.3. The molecule has 2 aromatic carbocycles. The van der Waals surface area contributed by atoms with Crippen LogP contribution in [0.4, 0.5) is 4.79 Å². The van der Waals surface area contributed by atoms with Gasteiger partial charge in [-0.05, 0) is 55.9 Å². The summed E-state index contributed by atoms with van der Waals surface area (Å²) in [4.78, 5) is 36.4. The van der Waals surface area contributed by atoms with Crippen LogP contribution in [-0.4, -0.2) is 18.6 Å². The van der Waals surface area contributed by atoms with E-state index in [9.17, 15) is 14.4 Å². The van der Waals surface area contributed by atoms with E-state index in [2.05, 4.69) is 5.32 Å². The molecule has 1 N–H and O–H groups in total. The van der Waals surface area contributed by atoms with Crippen LogP contribution in [0.25, 0.3) is 11.0 Å². The second-order valence-corrected chi connectivity index (χ2v) is 7.51. The van der Waals surface area contributed by atoms with Crippen molar-refractivity contribution in [3.63, 3.8) is 0 Å². The van der Waals surface area contributed by atoms with Crippen LogP contribution < -0.4 is 15.7 Å². The molecule has 0 saturated carbocycles. The molecule has 31 heavy (non-hydrogen) atoms. The van der Waals surface area contributed by atoms with Crippen molar-refractivity contribution in [2.24, 2.45) is 0 Å². The van der Waals surface area contributed by atoms with Crippen molar-refractivity contribution >= 4 is 23.0 Å². The van der Waals surface area contributed by atoms with Gasteiger partial charge in [0.1, 0.15) is 24.5 Å². The summed E-state index contributed by atoms with van der Waals surface area (Å²) in [7, 11) is 0. The Bertz CT molecular complexity index is 1180. The van der Waals surface area contributed by atoms with Gasteiger partial charge in [0.2, 0.25) is 0 Å². The Labute approximate surface area is 179 Å². The van der Waals surface area contributed by atoms with Crippen molar-refractivity contribution in [1.82, 2.24) is 5.32 Å². The number of carbonyl (C=O) groups excluding carboxylic acids is 2. The number of nitrogens with one attached hydrogen (secondary N) is 1. The standard InChI is InChI=1S/C24H23NO6/c1-15-20(12-11-18-17-9-5-6-10-19(17)23(27)31-22(15)18)30-21(26)13-25-24(28)29-14-16-7-3-2-4-8-16/h2-4,7-8,11-12H,5-6,9-10,13-14H2,1H3,(H,25,28). The first-order valence-corrected chi connectivity index (χ1v) is 10.3. The molecule has 4 rings (SSSR count). The number of carbonyl (C=O) groups is 2. The lowest BCUT2D eigenvalue weighted by Crippen LogP contribution is -2.32. The molecular formula is C24H23NO6. The van der Waals surface area contributed by atoms with E-state index in [1.54, 1.807) is 13.0 Å². The van der Waals surface area contributed by atoms with Gasteiger partial charge in [-0.1, -0.05) is 30.3 Å². The van der Waals surface area contributed by atoms with Crippen LogP contribution in [0.1, 0.15) is 35.1 Å². The van der Waals surface area contributed by atoms with Crippen molar-refractivity contribution in [2.75, 3.05) is 6.54 Å². The predicted octanol–water partition coefficient (Wildman–Crippen LogP) is 3.81. The number of hydrogen-bond acceptors (Lipinski definition) is 6. The van der Waals surface area contributed by atoms with Crippen LogP contribution in [0, 0.1) is 6.92 Å². The molecule has 7 nitrogen and oxygen atoms in total. The number of rotatable bonds is 5. The second-order valence-electron chi connectivity index (χ2n) is 7.51. The van der Waals surface area contributed by atoms with Gasteiger partial charge in [-0.3, -0.25) is 0 Å². The van der Waals surface area contributed by atoms with Gasteiger partial charge in [-0.2, -0.15) is 0 Å². The molecule has 7 heteroatoms. The minimum Gasteiger partial charge on any atom is -0.445 e. The number of ether oxygens (including phenoxy) is 2. The summed E-state index contributed by atoms with van der Waals surface area (Å²) in [5, 5.41) is 3.25.